The molecule has 0 bridgehead atoms. The number of anilines is 1. The molecule has 1 heterocycles. The molecule has 0 unspecified atom stereocenters. The Balaban J connectivity index is 1.53. The number of benzene rings is 3. The van der Waals surface area contributed by atoms with Crippen molar-refractivity contribution in [1.29, 1.82) is 0 Å². The first-order chi connectivity index (χ1) is 15.1. The quantitative estimate of drug-likeness (QED) is 0.484. The Morgan fingerprint density at radius 2 is 1.68 bits per heavy atom. The number of hydrogen-bond donors (Lipinski definition) is 1. The Kier molecular flexibility index (Phi) is 5.75. The summed E-state index contributed by atoms with van der Waals surface area (Å²) in [7, 11) is 4.54. The van der Waals surface area contributed by atoms with E-state index in [-0.39, 0.29) is 5.91 Å². The third-order valence-electron chi connectivity index (χ3n) is 5.03. The molecule has 1 N–H and O–H groups in total. The van der Waals surface area contributed by atoms with Crippen molar-refractivity contribution in [1.82, 2.24) is 9.78 Å². The van der Waals surface area contributed by atoms with Crippen molar-refractivity contribution in [3.8, 4) is 17.2 Å². The van der Waals surface area contributed by atoms with Gasteiger partial charge in [-0.05, 0) is 28.5 Å². The number of aromatic nitrogens is 2. The molecular weight excluding hydrogens is 394 g/mol. The summed E-state index contributed by atoms with van der Waals surface area (Å²) in [6.45, 7) is 0.599. The normalized spacial score (nSPS) is 10.7. The third kappa shape index (κ3) is 4.16. The summed E-state index contributed by atoms with van der Waals surface area (Å²) in [6.07, 6.45) is 3.43. The molecule has 1 aromatic heterocycles. The maximum Gasteiger partial charge on any atom is 0.256 e. The highest BCUT2D eigenvalue weighted by atomic mass is 16.5. The summed E-state index contributed by atoms with van der Waals surface area (Å²) in [5.74, 6) is 0.964. The largest absolute Gasteiger partial charge is 0.493 e. The Morgan fingerprint density at radius 1 is 0.968 bits per heavy atom. The molecule has 0 aliphatic carbocycles. The number of carbonyl (C=O) groups is 1. The van der Waals surface area contributed by atoms with Gasteiger partial charge in [0.1, 0.15) is 0 Å². The predicted octanol–water partition coefficient (Wildman–Crippen LogP) is 4.36. The van der Waals surface area contributed by atoms with Crippen LogP contribution in [0.4, 0.5) is 5.69 Å². The number of amides is 1. The number of carbonyl (C=O) groups excluding carboxylic acids is 1. The monoisotopic (exact) mass is 417 g/mol. The summed E-state index contributed by atoms with van der Waals surface area (Å²) < 4.78 is 17.8. The first-order valence-electron chi connectivity index (χ1n) is 9.73. The van der Waals surface area contributed by atoms with E-state index in [9.17, 15) is 4.79 Å². The Hall–Kier alpha value is -4.00. The lowest BCUT2D eigenvalue weighted by Gasteiger charge is -2.13. The first-order valence-corrected chi connectivity index (χ1v) is 9.73. The Morgan fingerprint density at radius 3 is 2.39 bits per heavy atom. The van der Waals surface area contributed by atoms with Crippen LogP contribution in [0.3, 0.4) is 0 Å². The molecule has 0 radical (unpaired) electrons. The van der Waals surface area contributed by atoms with Crippen LogP contribution >= 0.6 is 0 Å². The number of fused-ring (bicyclic) bond motifs is 1. The van der Waals surface area contributed by atoms with Gasteiger partial charge in [-0.1, -0.05) is 42.5 Å². The van der Waals surface area contributed by atoms with Crippen LogP contribution in [0.1, 0.15) is 15.9 Å². The average Bonchev–Trinajstić information content (AvgIpc) is 3.24. The van der Waals surface area contributed by atoms with Crippen LogP contribution in [0.2, 0.25) is 0 Å². The van der Waals surface area contributed by atoms with Gasteiger partial charge in [0, 0.05) is 11.8 Å². The van der Waals surface area contributed by atoms with Gasteiger partial charge in [0.25, 0.3) is 5.91 Å². The van der Waals surface area contributed by atoms with Gasteiger partial charge in [0.05, 0.1) is 39.8 Å². The second-order valence-corrected chi connectivity index (χ2v) is 6.93. The zero-order valence-corrected chi connectivity index (χ0v) is 17.6. The fraction of sp³-hybridized carbons (Fsp3) is 0.167. The smallest absolute Gasteiger partial charge is 0.256 e. The van der Waals surface area contributed by atoms with Gasteiger partial charge in [-0.3, -0.25) is 9.48 Å². The summed E-state index contributed by atoms with van der Waals surface area (Å²) >= 11 is 0. The minimum absolute atomic E-state index is 0.302. The molecule has 0 aliphatic rings. The van der Waals surface area contributed by atoms with Gasteiger partial charge < -0.3 is 19.5 Å². The second-order valence-electron chi connectivity index (χ2n) is 6.93. The molecule has 7 nitrogen and oxygen atoms in total. The molecular formula is C24H23N3O4. The van der Waals surface area contributed by atoms with Crippen molar-refractivity contribution < 1.29 is 19.0 Å². The topological polar surface area (TPSA) is 74.6 Å². The van der Waals surface area contributed by atoms with Crippen molar-refractivity contribution >= 4 is 22.4 Å². The molecule has 158 valence electrons. The fourth-order valence-corrected chi connectivity index (χ4v) is 3.53. The van der Waals surface area contributed by atoms with E-state index in [0.29, 0.717) is 35.0 Å². The van der Waals surface area contributed by atoms with Crippen molar-refractivity contribution in [3.63, 3.8) is 0 Å². The van der Waals surface area contributed by atoms with Crippen LogP contribution < -0.4 is 19.5 Å². The third-order valence-corrected chi connectivity index (χ3v) is 5.03. The van der Waals surface area contributed by atoms with Crippen LogP contribution in [0.25, 0.3) is 10.8 Å². The molecule has 4 rings (SSSR count). The van der Waals surface area contributed by atoms with Crippen LogP contribution in [0.15, 0.2) is 67.0 Å². The van der Waals surface area contributed by atoms with Crippen molar-refractivity contribution in [3.05, 3.63) is 78.1 Å². The van der Waals surface area contributed by atoms with Gasteiger partial charge in [0.2, 0.25) is 5.75 Å². The van der Waals surface area contributed by atoms with E-state index in [1.54, 1.807) is 29.2 Å². The molecule has 0 atom stereocenters. The van der Waals surface area contributed by atoms with E-state index < -0.39 is 0 Å². The van der Waals surface area contributed by atoms with E-state index in [1.807, 2.05) is 18.2 Å². The summed E-state index contributed by atoms with van der Waals surface area (Å²) in [6, 6.07) is 17.7. The number of nitrogens with zero attached hydrogens (tertiary/aromatic N) is 2. The average molecular weight is 417 g/mol. The van der Waals surface area contributed by atoms with E-state index >= 15 is 0 Å². The highest BCUT2D eigenvalue weighted by Crippen LogP contribution is 2.38. The molecule has 3 aromatic carbocycles. The fourth-order valence-electron chi connectivity index (χ4n) is 3.53. The van der Waals surface area contributed by atoms with Crippen molar-refractivity contribution in [2.75, 3.05) is 26.6 Å². The SMILES string of the molecule is COc1cc(C(=O)Nc2cnn(Cc3cccc4ccccc34)c2)cc(OC)c1OC. The van der Waals surface area contributed by atoms with E-state index in [1.165, 1.54) is 32.1 Å². The van der Waals surface area contributed by atoms with E-state index in [0.717, 1.165) is 5.56 Å². The minimum Gasteiger partial charge on any atom is -0.493 e. The lowest BCUT2D eigenvalue weighted by atomic mass is 10.0. The Labute approximate surface area is 180 Å². The molecule has 7 heteroatoms. The summed E-state index contributed by atoms with van der Waals surface area (Å²) in [4.78, 5) is 12.8. The molecule has 0 spiro atoms. The number of ether oxygens (including phenoxy) is 3. The molecule has 31 heavy (non-hydrogen) atoms. The lowest BCUT2D eigenvalue weighted by Crippen LogP contribution is -2.12. The minimum atomic E-state index is -0.302. The lowest BCUT2D eigenvalue weighted by molar-refractivity contribution is 0.102. The van der Waals surface area contributed by atoms with Crippen molar-refractivity contribution in [2.45, 2.75) is 6.54 Å². The highest BCUT2D eigenvalue weighted by Gasteiger charge is 2.17. The highest BCUT2D eigenvalue weighted by molar-refractivity contribution is 6.05. The van der Waals surface area contributed by atoms with Crippen molar-refractivity contribution in [2.24, 2.45) is 0 Å². The van der Waals surface area contributed by atoms with Gasteiger partial charge in [-0.25, -0.2) is 0 Å². The molecule has 4 aromatic rings. The Bertz CT molecular complexity index is 1200. The van der Waals surface area contributed by atoms with Crippen LogP contribution in [0, 0.1) is 0 Å². The molecule has 1 amide bonds. The summed E-state index contributed by atoms with van der Waals surface area (Å²) in [5.41, 5.74) is 2.14. The van der Waals surface area contributed by atoms with Gasteiger partial charge in [0.15, 0.2) is 11.5 Å². The van der Waals surface area contributed by atoms with Gasteiger partial charge in [-0.2, -0.15) is 5.10 Å². The molecule has 0 saturated carbocycles. The zero-order chi connectivity index (χ0) is 21.8. The number of nitrogens with one attached hydrogen (secondary N) is 1. The maximum atomic E-state index is 12.8. The molecule has 0 fully saturated rings. The zero-order valence-electron chi connectivity index (χ0n) is 17.6. The number of rotatable bonds is 7. The predicted molar refractivity (Wildman–Crippen MR) is 119 cm³/mol. The van der Waals surface area contributed by atoms with E-state index in [2.05, 4.69) is 34.7 Å². The maximum absolute atomic E-state index is 12.8. The second kappa shape index (κ2) is 8.79. The summed E-state index contributed by atoms with van der Waals surface area (Å²) in [5, 5.41) is 9.63. The van der Waals surface area contributed by atoms with Gasteiger partial charge >= 0.3 is 0 Å². The van der Waals surface area contributed by atoms with Crippen LogP contribution in [0.5, 0.6) is 17.2 Å². The van der Waals surface area contributed by atoms with Gasteiger partial charge in [-0.15, -0.1) is 0 Å². The van der Waals surface area contributed by atoms with Crippen LogP contribution in [-0.4, -0.2) is 37.0 Å². The number of hydrogen-bond acceptors (Lipinski definition) is 5. The molecule has 0 saturated heterocycles. The number of methoxy groups -OCH3 is 3. The van der Waals surface area contributed by atoms with E-state index in [4.69, 9.17) is 14.2 Å². The van der Waals surface area contributed by atoms with Crippen LogP contribution in [-0.2, 0) is 6.54 Å². The first kappa shape index (κ1) is 20.3. The standard InChI is InChI=1S/C24H23N3O4/c1-29-21-11-18(12-22(30-2)23(21)31-3)24(28)26-19-13-25-27(15-19)14-17-9-6-8-16-7-4-5-10-20(16)17/h4-13,15H,14H2,1-3H3,(H,26,28). The molecule has 0 aliphatic heterocycles.